The number of hydrogen-bond donors (Lipinski definition) is 1. The zero-order chi connectivity index (χ0) is 15.6. The van der Waals surface area contributed by atoms with Crippen molar-refractivity contribution in [1.82, 2.24) is 4.90 Å². The van der Waals surface area contributed by atoms with Crippen LogP contribution >= 0.6 is 0 Å². The van der Waals surface area contributed by atoms with Crippen LogP contribution < -0.4 is 0 Å². The molecule has 1 N–H and O–H groups in total. The zero-order valence-electron chi connectivity index (χ0n) is 11.7. The summed E-state index contributed by atoms with van der Waals surface area (Å²) in [6.07, 6.45) is 0.507. The number of likely N-dealkylation sites (tertiary alicyclic amines) is 1. The summed E-state index contributed by atoms with van der Waals surface area (Å²) >= 11 is 0. The maximum Gasteiger partial charge on any atom is 0.309 e. The van der Waals surface area contributed by atoms with Crippen LogP contribution in [-0.2, 0) is 16.0 Å². The molecule has 0 aromatic heterocycles. The molecule has 1 fully saturated rings. The van der Waals surface area contributed by atoms with E-state index in [0.29, 0.717) is 25.9 Å². The average molecular weight is 297 g/mol. The van der Waals surface area contributed by atoms with Crippen molar-refractivity contribution in [3.8, 4) is 0 Å². The Morgan fingerprint density at radius 3 is 2.48 bits per heavy atom. The second-order valence-electron chi connectivity index (χ2n) is 5.64. The van der Waals surface area contributed by atoms with Crippen LogP contribution in [0.2, 0.25) is 0 Å². The molecule has 0 radical (unpaired) electrons. The number of benzene rings is 1. The van der Waals surface area contributed by atoms with Crippen LogP contribution in [0.3, 0.4) is 0 Å². The van der Waals surface area contributed by atoms with Gasteiger partial charge in [0.05, 0.1) is 11.8 Å². The van der Waals surface area contributed by atoms with Crippen molar-refractivity contribution in [2.75, 3.05) is 13.1 Å². The second-order valence-corrected chi connectivity index (χ2v) is 5.64. The van der Waals surface area contributed by atoms with Gasteiger partial charge in [0.1, 0.15) is 0 Å². The molecular formula is C15H17F2NO3. The van der Waals surface area contributed by atoms with Gasteiger partial charge in [-0.2, -0.15) is 0 Å². The van der Waals surface area contributed by atoms with Crippen molar-refractivity contribution < 1.29 is 23.5 Å². The Labute approximate surface area is 121 Å². The van der Waals surface area contributed by atoms with Crippen LogP contribution in [0.4, 0.5) is 8.78 Å². The van der Waals surface area contributed by atoms with Gasteiger partial charge in [-0.25, -0.2) is 8.78 Å². The molecular weight excluding hydrogens is 280 g/mol. The second kappa shape index (κ2) is 5.79. The van der Waals surface area contributed by atoms with Crippen LogP contribution in [-0.4, -0.2) is 35.0 Å². The van der Waals surface area contributed by atoms with Gasteiger partial charge in [-0.05, 0) is 25.8 Å². The molecule has 1 heterocycles. The highest BCUT2D eigenvalue weighted by molar-refractivity contribution is 5.80. The van der Waals surface area contributed by atoms with Crippen molar-refractivity contribution in [2.24, 2.45) is 5.41 Å². The molecule has 0 unspecified atom stereocenters. The summed E-state index contributed by atoms with van der Waals surface area (Å²) in [7, 11) is 0. The van der Waals surface area contributed by atoms with Crippen molar-refractivity contribution in [2.45, 2.75) is 26.2 Å². The molecule has 4 nitrogen and oxygen atoms in total. The number of aliphatic carboxylic acids is 1. The molecule has 2 rings (SSSR count). The third-order valence-corrected chi connectivity index (χ3v) is 4.11. The number of piperidine rings is 1. The number of carboxylic acid groups (broad SMARTS) is 1. The minimum atomic E-state index is -1.00. The summed E-state index contributed by atoms with van der Waals surface area (Å²) in [5.41, 5.74) is -0.799. The number of halogens is 2. The van der Waals surface area contributed by atoms with E-state index >= 15 is 0 Å². The fourth-order valence-electron chi connectivity index (χ4n) is 2.42. The van der Waals surface area contributed by atoms with Gasteiger partial charge in [-0.3, -0.25) is 9.59 Å². The van der Waals surface area contributed by atoms with E-state index in [0.717, 1.165) is 6.07 Å². The number of hydrogen-bond acceptors (Lipinski definition) is 2. The molecule has 21 heavy (non-hydrogen) atoms. The summed E-state index contributed by atoms with van der Waals surface area (Å²) in [6.45, 7) is 2.29. The van der Waals surface area contributed by atoms with E-state index in [9.17, 15) is 18.4 Å². The maximum absolute atomic E-state index is 13.5. The maximum atomic E-state index is 13.5. The van der Waals surface area contributed by atoms with E-state index in [4.69, 9.17) is 5.11 Å². The van der Waals surface area contributed by atoms with Crippen LogP contribution in [0.5, 0.6) is 0 Å². The Morgan fingerprint density at radius 2 is 1.90 bits per heavy atom. The average Bonchev–Trinajstić information content (AvgIpc) is 2.44. The summed E-state index contributed by atoms with van der Waals surface area (Å²) in [5, 5.41) is 9.13. The quantitative estimate of drug-likeness (QED) is 0.930. The van der Waals surface area contributed by atoms with E-state index in [2.05, 4.69) is 0 Å². The van der Waals surface area contributed by atoms with E-state index in [1.54, 1.807) is 6.92 Å². The van der Waals surface area contributed by atoms with E-state index < -0.39 is 23.0 Å². The fraction of sp³-hybridized carbons (Fsp3) is 0.467. The summed E-state index contributed by atoms with van der Waals surface area (Å²) in [6, 6.07) is 3.74. The van der Waals surface area contributed by atoms with Crippen LogP contribution in [0.15, 0.2) is 18.2 Å². The lowest BCUT2D eigenvalue weighted by molar-refractivity contribution is -0.152. The highest BCUT2D eigenvalue weighted by Gasteiger charge is 2.38. The van der Waals surface area contributed by atoms with Gasteiger partial charge in [0.2, 0.25) is 5.91 Å². The predicted molar refractivity (Wildman–Crippen MR) is 71.6 cm³/mol. The van der Waals surface area contributed by atoms with E-state index in [1.165, 1.54) is 17.0 Å². The van der Waals surface area contributed by atoms with Crippen LogP contribution in [0.25, 0.3) is 0 Å². The molecule has 1 aliphatic heterocycles. The van der Waals surface area contributed by atoms with E-state index in [-0.39, 0.29) is 17.9 Å². The Morgan fingerprint density at radius 1 is 1.29 bits per heavy atom. The lowest BCUT2D eigenvalue weighted by Crippen LogP contribution is -2.45. The molecule has 1 aromatic carbocycles. The monoisotopic (exact) mass is 297 g/mol. The largest absolute Gasteiger partial charge is 0.481 e. The predicted octanol–water partition coefficient (Wildman–Crippen LogP) is 2.22. The molecule has 0 spiro atoms. The first kappa shape index (κ1) is 15.4. The van der Waals surface area contributed by atoms with Gasteiger partial charge >= 0.3 is 5.97 Å². The normalized spacial score (nSPS) is 17.6. The van der Waals surface area contributed by atoms with Gasteiger partial charge < -0.3 is 10.0 Å². The molecule has 114 valence electrons. The summed E-state index contributed by atoms with van der Waals surface area (Å²) < 4.78 is 26.6. The van der Waals surface area contributed by atoms with Crippen molar-refractivity contribution in [3.63, 3.8) is 0 Å². The zero-order valence-corrected chi connectivity index (χ0v) is 11.7. The van der Waals surface area contributed by atoms with Gasteiger partial charge in [-0.1, -0.05) is 12.1 Å². The van der Waals surface area contributed by atoms with E-state index in [1.807, 2.05) is 0 Å². The number of carbonyl (C=O) groups is 2. The highest BCUT2D eigenvalue weighted by atomic mass is 19.2. The SMILES string of the molecule is CC1(C(=O)O)CCN(C(=O)Cc2cccc(F)c2F)CC1. The molecule has 6 heteroatoms. The molecule has 1 aromatic rings. The first-order chi connectivity index (χ1) is 9.83. The molecule has 1 amide bonds. The summed E-state index contributed by atoms with van der Waals surface area (Å²) in [5.74, 6) is -3.16. The van der Waals surface area contributed by atoms with Gasteiger partial charge in [0.15, 0.2) is 11.6 Å². The number of carboxylic acids is 1. The lowest BCUT2D eigenvalue weighted by Gasteiger charge is -2.36. The van der Waals surface area contributed by atoms with Crippen molar-refractivity contribution >= 4 is 11.9 Å². The first-order valence-corrected chi connectivity index (χ1v) is 6.77. The lowest BCUT2D eigenvalue weighted by atomic mass is 9.80. The minimum Gasteiger partial charge on any atom is -0.481 e. The number of nitrogens with zero attached hydrogens (tertiary/aromatic N) is 1. The molecule has 0 bridgehead atoms. The molecule has 1 saturated heterocycles. The number of rotatable bonds is 3. The molecule has 0 atom stereocenters. The highest BCUT2D eigenvalue weighted by Crippen LogP contribution is 2.31. The van der Waals surface area contributed by atoms with Gasteiger partial charge in [0, 0.05) is 18.7 Å². The number of amides is 1. The molecule has 0 saturated carbocycles. The van der Waals surface area contributed by atoms with Crippen LogP contribution in [0.1, 0.15) is 25.3 Å². The van der Waals surface area contributed by atoms with Crippen LogP contribution in [0, 0.1) is 17.0 Å². The molecule has 1 aliphatic rings. The third kappa shape index (κ3) is 3.20. The summed E-state index contributed by atoms with van der Waals surface area (Å²) in [4.78, 5) is 24.7. The van der Waals surface area contributed by atoms with Crippen molar-refractivity contribution in [1.29, 1.82) is 0 Å². The Kier molecular flexibility index (Phi) is 4.25. The van der Waals surface area contributed by atoms with Gasteiger partial charge in [0.25, 0.3) is 0 Å². The van der Waals surface area contributed by atoms with Crippen molar-refractivity contribution in [3.05, 3.63) is 35.4 Å². The topological polar surface area (TPSA) is 57.6 Å². The number of carbonyl (C=O) groups excluding carboxylic acids is 1. The standard InChI is InChI=1S/C15H17F2NO3/c1-15(14(20)21)5-7-18(8-6-15)12(19)9-10-3-2-4-11(16)13(10)17/h2-4H,5-9H2,1H3,(H,20,21). The minimum absolute atomic E-state index is 0.0200. The Bertz CT molecular complexity index is 566. The fourth-order valence-corrected chi connectivity index (χ4v) is 2.42. The van der Waals surface area contributed by atoms with Gasteiger partial charge in [-0.15, -0.1) is 0 Å². The Hall–Kier alpha value is -1.98. The third-order valence-electron chi connectivity index (χ3n) is 4.11. The first-order valence-electron chi connectivity index (χ1n) is 6.77. The molecule has 0 aliphatic carbocycles. The Balaban J connectivity index is 2.00. The smallest absolute Gasteiger partial charge is 0.309 e.